The van der Waals surface area contributed by atoms with Crippen LogP contribution in [0.4, 0.5) is 0 Å². The van der Waals surface area contributed by atoms with Crippen LogP contribution in [0.2, 0.25) is 0 Å². The number of rotatable bonds is 5. The molecule has 0 spiro atoms. The van der Waals surface area contributed by atoms with E-state index in [1.807, 2.05) is 30.5 Å². The van der Waals surface area contributed by atoms with Crippen molar-refractivity contribution in [3.63, 3.8) is 0 Å². The van der Waals surface area contributed by atoms with Gasteiger partial charge in [0.1, 0.15) is 0 Å². The van der Waals surface area contributed by atoms with Crippen molar-refractivity contribution in [1.29, 1.82) is 0 Å². The van der Waals surface area contributed by atoms with E-state index in [-0.39, 0.29) is 0 Å². The zero-order valence-corrected chi connectivity index (χ0v) is 15.3. The van der Waals surface area contributed by atoms with E-state index in [1.165, 1.54) is 25.9 Å². The van der Waals surface area contributed by atoms with E-state index in [0.717, 1.165) is 42.0 Å². The zero-order valence-electron chi connectivity index (χ0n) is 14.4. The summed E-state index contributed by atoms with van der Waals surface area (Å²) in [6.45, 7) is 4.24. The second kappa shape index (κ2) is 7.87. The number of hydrogen-bond donors (Lipinski definition) is 0. The Morgan fingerprint density at radius 3 is 2.92 bits per heavy atom. The molecule has 0 N–H and O–H groups in total. The van der Waals surface area contributed by atoms with Crippen LogP contribution in [0.3, 0.4) is 0 Å². The van der Waals surface area contributed by atoms with Crippen LogP contribution in [0.15, 0.2) is 47.6 Å². The predicted molar refractivity (Wildman–Crippen MR) is 99.5 cm³/mol. The molecule has 1 aromatic carbocycles. The molecule has 2 aliphatic heterocycles. The molecular formula is C20H24N3OS. The Labute approximate surface area is 153 Å². The summed E-state index contributed by atoms with van der Waals surface area (Å²) in [7, 11) is 0. The molecule has 1 radical (unpaired) electrons. The van der Waals surface area contributed by atoms with Gasteiger partial charge in [-0.25, -0.2) is 0 Å². The Kier molecular flexibility index (Phi) is 5.36. The number of pyridine rings is 1. The summed E-state index contributed by atoms with van der Waals surface area (Å²) < 4.78 is 15.4. The molecule has 0 amide bonds. The lowest BCUT2D eigenvalue weighted by Crippen LogP contribution is -2.37. The first-order chi connectivity index (χ1) is 12.3. The van der Waals surface area contributed by atoms with Crippen LogP contribution in [-0.2, 0) is 17.8 Å². The molecule has 2 fully saturated rings. The minimum atomic E-state index is -1.10. The summed E-state index contributed by atoms with van der Waals surface area (Å²) in [6, 6.07) is 13.5. The maximum atomic E-state index is 13.2. The van der Waals surface area contributed by atoms with Crippen molar-refractivity contribution in [1.82, 2.24) is 14.2 Å². The molecule has 0 bridgehead atoms. The van der Waals surface area contributed by atoms with Crippen molar-refractivity contribution < 1.29 is 4.55 Å². The molecular weight excluding hydrogens is 330 g/mol. The van der Waals surface area contributed by atoms with Crippen molar-refractivity contribution in [3.8, 4) is 0 Å². The van der Waals surface area contributed by atoms with Crippen LogP contribution in [0, 0.1) is 6.07 Å². The van der Waals surface area contributed by atoms with Crippen LogP contribution in [0.1, 0.15) is 30.4 Å². The first kappa shape index (κ1) is 17.0. The molecule has 2 aliphatic rings. The van der Waals surface area contributed by atoms with Crippen molar-refractivity contribution in [3.05, 3.63) is 59.9 Å². The first-order valence-electron chi connectivity index (χ1n) is 9.10. The average Bonchev–Trinajstić information content (AvgIpc) is 3.34. The lowest BCUT2D eigenvalue weighted by atomic mass is 10.1. The Morgan fingerprint density at radius 2 is 2.12 bits per heavy atom. The van der Waals surface area contributed by atoms with Gasteiger partial charge in [-0.05, 0) is 68.2 Å². The van der Waals surface area contributed by atoms with E-state index in [9.17, 15) is 4.55 Å². The van der Waals surface area contributed by atoms with Gasteiger partial charge < -0.3 is 4.55 Å². The Morgan fingerprint density at radius 1 is 1.24 bits per heavy atom. The van der Waals surface area contributed by atoms with E-state index >= 15 is 0 Å². The van der Waals surface area contributed by atoms with Crippen molar-refractivity contribution in [2.24, 2.45) is 0 Å². The van der Waals surface area contributed by atoms with E-state index in [4.69, 9.17) is 0 Å². The minimum Gasteiger partial charge on any atom is -0.593 e. The minimum absolute atomic E-state index is 0.573. The topological polar surface area (TPSA) is 42.4 Å². The third kappa shape index (κ3) is 3.90. The molecule has 5 heteroatoms. The van der Waals surface area contributed by atoms with Gasteiger partial charge in [-0.3, -0.25) is 9.88 Å². The summed E-state index contributed by atoms with van der Waals surface area (Å²) in [5.41, 5.74) is 2.22. The molecule has 3 heterocycles. The highest BCUT2D eigenvalue weighted by Crippen LogP contribution is 2.28. The zero-order chi connectivity index (χ0) is 17.1. The van der Waals surface area contributed by atoms with Crippen LogP contribution < -0.4 is 0 Å². The second-order valence-corrected chi connectivity index (χ2v) is 8.35. The van der Waals surface area contributed by atoms with Gasteiger partial charge in [0.2, 0.25) is 0 Å². The summed E-state index contributed by atoms with van der Waals surface area (Å²) in [5, 5.41) is 0. The molecule has 1 aromatic heterocycles. The molecule has 2 unspecified atom stereocenters. The highest BCUT2D eigenvalue weighted by Gasteiger charge is 2.36. The Balaban J connectivity index is 1.48. The Bertz CT molecular complexity index is 690. The third-order valence-electron chi connectivity index (χ3n) is 5.23. The smallest absolute Gasteiger partial charge is 0.177 e. The van der Waals surface area contributed by atoms with E-state index in [0.29, 0.717) is 6.04 Å². The fourth-order valence-corrected chi connectivity index (χ4v) is 5.28. The van der Waals surface area contributed by atoms with Gasteiger partial charge in [-0.1, -0.05) is 6.07 Å². The summed E-state index contributed by atoms with van der Waals surface area (Å²) >= 11 is -1.10. The van der Waals surface area contributed by atoms with E-state index < -0.39 is 11.4 Å². The van der Waals surface area contributed by atoms with Gasteiger partial charge in [0.15, 0.2) is 4.90 Å². The molecule has 2 aromatic rings. The van der Waals surface area contributed by atoms with Crippen LogP contribution in [0.5, 0.6) is 0 Å². The highest BCUT2D eigenvalue weighted by molar-refractivity contribution is 7.89. The number of aromatic nitrogens is 1. The maximum Gasteiger partial charge on any atom is 0.177 e. The van der Waals surface area contributed by atoms with E-state index in [1.54, 1.807) is 6.20 Å². The SMILES string of the molecule is [O-][S+](c1cc[c]cc1Cc1cccnc1)N1CCC(N2CCCC2)C1. The number of benzene rings is 1. The highest BCUT2D eigenvalue weighted by atomic mass is 32.2. The number of nitrogens with zero attached hydrogens (tertiary/aromatic N) is 3. The number of likely N-dealkylation sites (tertiary alicyclic amines) is 1. The van der Waals surface area contributed by atoms with Crippen LogP contribution >= 0.6 is 0 Å². The fourth-order valence-electron chi connectivity index (χ4n) is 3.89. The molecule has 2 saturated heterocycles. The molecule has 25 heavy (non-hydrogen) atoms. The van der Waals surface area contributed by atoms with Crippen molar-refractivity contribution in [2.75, 3.05) is 26.2 Å². The summed E-state index contributed by atoms with van der Waals surface area (Å²) in [6.07, 6.45) is 8.15. The summed E-state index contributed by atoms with van der Waals surface area (Å²) in [5.74, 6) is 0. The lowest BCUT2D eigenvalue weighted by molar-refractivity contribution is 0.251. The van der Waals surface area contributed by atoms with Gasteiger partial charge in [-0.15, -0.1) is 4.31 Å². The lowest BCUT2D eigenvalue weighted by Gasteiger charge is -2.24. The van der Waals surface area contributed by atoms with Crippen molar-refractivity contribution >= 4 is 11.4 Å². The van der Waals surface area contributed by atoms with Gasteiger partial charge in [0.05, 0.1) is 17.9 Å². The van der Waals surface area contributed by atoms with Gasteiger partial charge in [-0.2, -0.15) is 0 Å². The fraction of sp³-hybridized carbons (Fsp3) is 0.450. The molecule has 4 rings (SSSR count). The average molecular weight is 354 g/mol. The first-order valence-corrected chi connectivity index (χ1v) is 10.2. The summed E-state index contributed by atoms with van der Waals surface area (Å²) in [4.78, 5) is 7.68. The van der Waals surface area contributed by atoms with E-state index in [2.05, 4.69) is 26.3 Å². The quantitative estimate of drug-likeness (QED) is 0.774. The monoisotopic (exact) mass is 354 g/mol. The Hall–Kier alpha value is -1.40. The molecule has 4 nitrogen and oxygen atoms in total. The third-order valence-corrected chi connectivity index (χ3v) is 6.80. The molecule has 0 aliphatic carbocycles. The van der Waals surface area contributed by atoms with Gasteiger partial charge in [0.25, 0.3) is 0 Å². The standard InChI is InChI=1S/C20H24N3OS/c24-25(23-13-9-19(16-23)22-11-3-4-12-22)20-8-2-1-7-18(20)14-17-6-5-10-21-15-17/h2,5-8,10,15,19H,3-4,9,11-14,16H2. The van der Waals surface area contributed by atoms with Crippen LogP contribution in [0.25, 0.3) is 0 Å². The van der Waals surface area contributed by atoms with Crippen molar-refractivity contribution in [2.45, 2.75) is 36.6 Å². The number of hydrogen-bond acceptors (Lipinski definition) is 4. The largest absolute Gasteiger partial charge is 0.593 e. The van der Waals surface area contributed by atoms with Gasteiger partial charge in [0, 0.05) is 37.0 Å². The van der Waals surface area contributed by atoms with Gasteiger partial charge >= 0.3 is 0 Å². The molecule has 0 saturated carbocycles. The second-order valence-electron chi connectivity index (χ2n) is 6.89. The molecule has 131 valence electrons. The normalized spacial score (nSPS) is 23.2. The predicted octanol–water partition coefficient (Wildman–Crippen LogP) is 2.67. The molecule has 2 atom stereocenters. The van der Waals surface area contributed by atoms with Crippen LogP contribution in [-0.4, -0.2) is 51.0 Å². The maximum absolute atomic E-state index is 13.2.